The van der Waals surface area contributed by atoms with Gasteiger partial charge in [0.1, 0.15) is 0 Å². The summed E-state index contributed by atoms with van der Waals surface area (Å²) >= 11 is 0. The molecule has 0 nitrogen and oxygen atoms in total. The van der Waals surface area contributed by atoms with Crippen molar-refractivity contribution in [2.24, 2.45) is 0 Å². The molecule has 0 heterocycles. The van der Waals surface area contributed by atoms with Crippen LogP contribution in [0.2, 0.25) is 0 Å². The summed E-state index contributed by atoms with van der Waals surface area (Å²) in [5, 5.41) is 5.08. The highest BCUT2D eigenvalue weighted by Gasteiger charge is 2.09. The van der Waals surface area contributed by atoms with Crippen LogP contribution in [0.25, 0.3) is 21.5 Å². The van der Waals surface area contributed by atoms with Crippen molar-refractivity contribution in [2.45, 2.75) is 58.8 Å². The van der Waals surface area contributed by atoms with Crippen LogP contribution in [-0.4, -0.2) is 0 Å². The number of rotatable bonds is 7. The van der Waals surface area contributed by atoms with E-state index in [1.807, 2.05) is 0 Å². The zero-order chi connectivity index (χ0) is 23.0. The van der Waals surface area contributed by atoms with Crippen LogP contribution in [0, 0.1) is 24.2 Å². The van der Waals surface area contributed by atoms with Crippen LogP contribution in [0.5, 0.6) is 0 Å². The molecule has 0 heteroatoms. The molecular weight excluding hydrogens is 396 g/mol. The van der Waals surface area contributed by atoms with Crippen molar-refractivity contribution in [1.82, 2.24) is 0 Å². The first-order chi connectivity index (χ1) is 16.2. The molecule has 0 saturated carbocycles. The van der Waals surface area contributed by atoms with Gasteiger partial charge in [0.05, 0.1) is 0 Å². The Balaban J connectivity index is 1.74. The van der Waals surface area contributed by atoms with Crippen molar-refractivity contribution in [3.63, 3.8) is 0 Å². The Morgan fingerprint density at radius 2 is 1.24 bits per heavy atom. The monoisotopic (exact) mass is 428 g/mol. The summed E-state index contributed by atoms with van der Waals surface area (Å²) in [6.45, 7) is 4.49. The van der Waals surface area contributed by atoms with Crippen LogP contribution in [0.1, 0.15) is 67.3 Å². The van der Waals surface area contributed by atoms with Crippen molar-refractivity contribution in [3.05, 3.63) is 94.5 Å². The smallest absolute Gasteiger partial charge is 0.0404 e. The van der Waals surface area contributed by atoms with E-state index in [0.29, 0.717) is 6.42 Å². The molecular formula is C33H32. The summed E-state index contributed by atoms with van der Waals surface area (Å²) in [6, 6.07) is 24.0. The van der Waals surface area contributed by atoms with Crippen LogP contribution >= 0.6 is 0 Å². The van der Waals surface area contributed by atoms with E-state index < -0.39 is 0 Å². The van der Waals surface area contributed by atoms with Gasteiger partial charge in [0.15, 0.2) is 0 Å². The topological polar surface area (TPSA) is 0 Å². The maximum absolute atomic E-state index is 5.91. The lowest BCUT2D eigenvalue weighted by Gasteiger charge is -2.12. The first kappa shape index (κ1) is 22.7. The summed E-state index contributed by atoms with van der Waals surface area (Å²) in [7, 11) is 0. The van der Waals surface area contributed by atoms with Crippen LogP contribution in [0.15, 0.2) is 66.7 Å². The molecule has 0 aliphatic carbocycles. The lowest BCUT2D eigenvalue weighted by molar-refractivity contribution is 0.757. The number of benzene rings is 4. The van der Waals surface area contributed by atoms with E-state index in [4.69, 9.17) is 6.42 Å². The Hall–Kier alpha value is -3.48. The van der Waals surface area contributed by atoms with Gasteiger partial charge in [0.25, 0.3) is 0 Å². The molecule has 4 aromatic rings. The largest absolute Gasteiger partial charge is 0.115 e. The van der Waals surface area contributed by atoms with E-state index in [1.165, 1.54) is 63.9 Å². The molecule has 0 radical (unpaired) electrons. The van der Waals surface area contributed by atoms with Gasteiger partial charge in [-0.1, -0.05) is 93.0 Å². The maximum atomic E-state index is 5.91. The minimum absolute atomic E-state index is 0.702. The van der Waals surface area contributed by atoms with E-state index in [0.717, 1.165) is 24.0 Å². The molecule has 0 bridgehead atoms. The fourth-order valence-electron chi connectivity index (χ4n) is 4.64. The molecule has 0 aliphatic heterocycles. The fraction of sp³-hybridized carbons (Fsp3) is 0.273. The number of terminal acetylenes is 1. The molecule has 0 amide bonds. The Bertz CT molecular complexity index is 1310. The van der Waals surface area contributed by atoms with Gasteiger partial charge in [-0.25, -0.2) is 0 Å². The molecule has 4 rings (SSSR count). The second kappa shape index (κ2) is 10.9. The number of fused-ring (bicyclic) bond motifs is 2. The Morgan fingerprint density at radius 3 is 1.79 bits per heavy atom. The highest BCUT2D eigenvalue weighted by molar-refractivity contribution is 6.02. The molecule has 0 aromatic heterocycles. The second-order valence-electron chi connectivity index (χ2n) is 8.79. The van der Waals surface area contributed by atoms with Crippen LogP contribution in [0.3, 0.4) is 0 Å². The van der Waals surface area contributed by atoms with Crippen LogP contribution in [0.4, 0.5) is 0 Å². The van der Waals surface area contributed by atoms with E-state index in [-0.39, 0.29) is 0 Å². The first-order valence-electron chi connectivity index (χ1n) is 12.3. The standard InChI is InChI=1S/C33H32/c1-4-7-14-27-22-25(6-3)26(23-28(27)15-8-5-2)18-13-21-33-31-19-11-9-16-29(31)24-30-17-10-12-20-32(30)33/h3,9-12,16-17,19-20,22-24H,4-5,7-8,14-15,21H2,1-2H3. The van der Waals surface area contributed by atoms with Gasteiger partial charge in [-0.3, -0.25) is 0 Å². The van der Waals surface area contributed by atoms with Crippen LogP contribution < -0.4 is 0 Å². The lowest BCUT2D eigenvalue weighted by Crippen LogP contribution is -1.99. The number of hydrogen-bond donors (Lipinski definition) is 0. The zero-order valence-corrected chi connectivity index (χ0v) is 19.9. The summed E-state index contributed by atoms with van der Waals surface area (Å²) in [6.07, 6.45) is 13.6. The summed E-state index contributed by atoms with van der Waals surface area (Å²) in [5.74, 6) is 9.83. The average molecular weight is 429 g/mol. The quantitative estimate of drug-likeness (QED) is 0.205. The predicted octanol–water partition coefficient (Wildman–Crippen LogP) is 8.25. The molecule has 0 aliphatic rings. The van der Waals surface area contributed by atoms with Gasteiger partial charge in [-0.05, 0) is 82.1 Å². The highest BCUT2D eigenvalue weighted by atomic mass is 14.1. The van der Waals surface area contributed by atoms with Gasteiger partial charge in [-0.2, -0.15) is 0 Å². The van der Waals surface area contributed by atoms with Crippen molar-refractivity contribution in [1.29, 1.82) is 0 Å². The third kappa shape index (κ3) is 5.13. The predicted molar refractivity (Wildman–Crippen MR) is 144 cm³/mol. The minimum Gasteiger partial charge on any atom is -0.115 e. The summed E-state index contributed by atoms with van der Waals surface area (Å²) < 4.78 is 0. The van der Waals surface area contributed by atoms with Gasteiger partial charge in [-0.15, -0.1) is 6.42 Å². The minimum atomic E-state index is 0.702. The van der Waals surface area contributed by atoms with Gasteiger partial charge in [0.2, 0.25) is 0 Å². The molecule has 33 heavy (non-hydrogen) atoms. The van der Waals surface area contributed by atoms with Crippen molar-refractivity contribution in [3.8, 4) is 24.2 Å². The Labute approximate surface area is 199 Å². The van der Waals surface area contributed by atoms with Crippen molar-refractivity contribution in [2.75, 3.05) is 0 Å². The maximum Gasteiger partial charge on any atom is 0.0404 e. The van der Waals surface area contributed by atoms with E-state index >= 15 is 0 Å². The van der Waals surface area contributed by atoms with Gasteiger partial charge in [0, 0.05) is 17.5 Å². The van der Waals surface area contributed by atoms with E-state index in [2.05, 4.69) is 98.3 Å². The summed E-state index contributed by atoms with van der Waals surface area (Å²) in [5.41, 5.74) is 6.04. The molecule has 164 valence electrons. The molecule has 0 fully saturated rings. The number of unbranched alkanes of at least 4 members (excludes halogenated alkanes) is 2. The van der Waals surface area contributed by atoms with E-state index in [1.54, 1.807) is 0 Å². The van der Waals surface area contributed by atoms with Crippen molar-refractivity contribution < 1.29 is 0 Å². The number of hydrogen-bond acceptors (Lipinski definition) is 0. The van der Waals surface area contributed by atoms with Crippen molar-refractivity contribution >= 4 is 21.5 Å². The zero-order valence-electron chi connectivity index (χ0n) is 19.9. The molecule has 0 N–H and O–H groups in total. The SMILES string of the molecule is C#Cc1cc(CCCC)c(CCCC)cc1C#CCc1c2ccccc2cc2ccccc12. The highest BCUT2D eigenvalue weighted by Crippen LogP contribution is 2.29. The molecule has 0 unspecified atom stereocenters. The third-order valence-corrected chi connectivity index (χ3v) is 6.47. The molecule has 4 aromatic carbocycles. The third-order valence-electron chi connectivity index (χ3n) is 6.47. The average Bonchev–Trinajstić information content (AvgIpc) is 2.86. The van der Waals surface area contributed by atoms with Gasteiger partial charge >= 0.3 is 0 Å². The Kier molecular flexibility index (Phi) is 7.50. The molecule has 0 spiro atoms. The first-order valence-corrected chi connectivity index (χ1v) is 12.3. The molecule has 0 atom stereocenters. The molecule has 0 saturated heterocycles. The summed E-state index contributed by atoms with van der Waals surface area (Å²) in [4.78, 5) is 0. The number of aryl methyl sites for hydroxylation is 2. The Morgan fingerprint density at radius 1 is 0.697 bits per heavy atom. The van der Waals surface area contributed by atoms with Gasteiger partial charge < -0.3 is 0 Å². The lowest BCUT2D eigenvalue weighted by atomic mass is 9.92. The second-order valence-corrected chi connectivity index (χ2v) is 8.79. The normalized spacial score (nSPS) is 10.7. The fourth-order valence-corrected chi connectivity index (χ4v) is 4.64. The van der Waals surface area contributed by atoms with E-state index in [9.17, 15) is 0 Å². The van der Waals surface area contributed by atoms with Crippen LogP contribution in [-0.2, 0) is 19.3 Å².